The van der Waals surface area contributed by atoms with Crippen LogP contribution in [-0.4, -0.2) is 22.4 Å². The summed E-state index contributed by atoms with van der Waals surface area (Å²) in [5.41, 5.74) is 1.51. The van der Waals surface area contributed by atoms with Gasteiger partial charge < -0.3 is 0 Å². The third kappa shape index (κ3) is 4.05. The van der Waals surface area contributed by atoms with E-state index in [2.05, 4.69) is 11.6 Å². The number of benzene rings is 2. The first-order chi connectivity index (χ1) is 13.0. The molecule has 0 radical (unpaired) electrons. The van der Waals surface area contributed by atoms with Crippen LogP contribution in [0.25, 0.3) is 11.3 Å². The highest BCUT2D eigenvalue weighted by atomic mass is 35.5. The highest BCUT2D eigenvalue weighted by molar-refractivity contribution is 7.14. The summed E-state index contributed by atoms with van der Waals surface area (Å²) in [6, 6.07) is 13.4. The number of nitro benzene ring substituents is 1. The van der Waals surface area contributed by atoms with Gasteiger partial charge in [0.25, 0.3) is 11.6 Å². The number of nitrogens with zero attached hydrogens (tertiary/aromatic N) is 3. The van der Waals surface area contributed by atoms with Gasteiger partial charge in [-0.1, -0.05) is 48.0 Å². The van der Waals surface area contributed by atoms with Gasteiger partial charge in [0.05, 0.1) is 21.2 Å². The van der Waals surface area contributed by atoms with Crippen molar-refractivity contribution in [1.29, 1.82) is 0 Å². The molecule has 1 heterocycles. The molecule has 0 unspecified atom stereocenters. The smallest absolute Gasteiger partial charge is 0.270 e. The molecular weight excluding hydrogens is 386 g/mol. The fraction of sp³-hybridized carbons (Fsp3) is 0.0526. The predicted octanol–water partition coefficient (Wildman–Crippen LogP) is 5.20. The number of aromatic nitrogens is 1. The van der Waals surface area contributed by atoms with Crippen LogP contribution in [0.15, 0.2) is 66.6 Å². The van der Waals surface area contributed by atoms with E-state index in [1.165, 1.54) is 34.4 Å². The topological polar surface area (TPSA) is 76.3 Å². The Labute approximate surface area is 164 Å². The van der Waals surface area contributed by atoms with Crippen LogP contribution in [-0.2, 0) is 0 Å². The monoisotopic (exact) mass is 399 g/mol. The number of anilines is 1. The molecule has 0 saturated carbocycles. The maximum atomic E-state index is 13.0. The van der Waals surface area contributed by atoms with E-state index in [0.717, 1.165) is 11.3 Å². The van der Waals surface area contributed by atoms with Gasteiger partial charge >= 0.3 is 0 Å². The van der Waals surface area contributed by atoms with E-state index >= 15 is 0 Å². The van der Waals surface area contributed by atoms with Crippen molar-refractivity contribution < 1.29 is 9.72 Å². The number of halogens is 1. The molecule has 0 aliphatic heterocycles. The largest absolute Gasteiger partial charge is 0.280 e. The minimum absolute atomic E-state index is 0.0455. The summed E-state index contributed by atoms with van der Waals surface area (Å²) in [7, 11) is 0. The normalized spacial score (nSPS) is 10.4. The molecule has 0 aliphatic carbocycles. The van der Waals surface area contributed by atoms with E-state index in [0.29, 0.717) is 5.13 Å². The van der Waals surface area contributed by atoms with Gasteiger partial charge in [0, 0.05) is 29.6 Å². The van der Waals surface area contributed by atoms with Crippen molar-refractivity contribution in [2.45, 2.75) is 0 Å². The molecule has 0 saturated heterocycles. The predicted molar refractivity (Wildman–Crippen MR) is 108 cm³/mol. The highest BCUT2D eigenvalue weighted by Gasteiger charge is 2.24. The van der Waals surface area contributed by atoms with Gasteiger partial charge in [-0.3, -0.25) is 19.8 Å². The number of carbonyl (C=O) groups excluding carboxylic acids is 1. The number of non-ortho nitro benzene ring substituents is 1. The molecule has 8 heteroatoms. The van der Waals surface area contributed by atoms with Crippen molar-refractivity contribution in [3.63, 3.8) is 0 Å². The zero-order valence-electron chi connectivity index (χ0n) is 14.0. The second kappa shape index (κ2) is 8.11. The van der Waals surface area contributed by atoms with E-state index in [-0.39, 0.29) is 22.8 Å². The number of amides is 1. The van der Waals surface area contributed by atoms with Crippen LogP contribution in [0.1, 0.15) is 10.4 Å². The molecule has 136 valence electrons. The summed E-state index contributed by atoms with van der Waals surface area (Å²) in [5.74, 6) is -0.474. The van der Waals surface area contributed by atoms with Gasteiger partial charge in [0.15, 0.2) is 5.13 Å². The molecule has 0 atom stereocenters. The van der Waals surface area contributed by atoms with Crippen LogP contribution >= 0.6 is 22.9 Å². The zero-order chi connectivity index (χ0) is 19.4. The van der Waals surface area contributed by atoms with Crippen molar-refractivity contribution >= 4 is 39.7 Å². The van der Waals surface area contributed by atoms with Gasteiger partial charge in [-0.2, -0.15) is 0 Å². The molecule has 27 heavy (non-hydrogen) atoms. The molecule has 0 aliphatic rings. The maximum absolute atomic E-state index is 13.0. The standard InChI is InChI=1S/C19H14ClN3O3S/c1-2-10-22(18(24)15-11-14(23(25)26)8-9-16(15)20)19-21-17(12-27-19)13-6-4-3-5-7-13/h2-9,11-12H,1,10H2. The Morgan fingerprint density at radius 2 is 2.04 bits per heavy atom. The lowest BCUT2D eigenvalue weighted by Gasteiger charge is -2.18. The first-order valence-corrected chi connectivity index (χ1v) is 9.14. The summed E-state index contributed by atoms with van der Waals surface area (Å²) < 4.78 is 0. The van der Waals surface area contributed by atoms with E-state index in [9.17, 15) is 14.9 Å². The zero-order valence-corrected chi connectivity index (χ0v) is 15.6. The summed E-state index contributed by atoms with van der Waals surface area (Å²) in [5, 5.41) is 13.5. The van der Waals surface area contributed by atoms with Gasteiger partial charge in [-0.25, -0.2) is 4.98 Å². The number of hydrogen-bond donors (Lipinski definition) is 0. The lowest BCUT2D eigenvalue weighted by molar-refractivity contribution is -0.384. The van der Waals surface area contributed by atoms with E-state index in [1.54, 1.807) is 6.08 Å². The highest BCUT2D eigenvalue weighted by Crippen LogP contribution is 2.30. The maximum Gasteiger partial charge on any atom is 0.270 e. The molecule has 3 aromatic rings. The number of rotatable bonds is 6. The van der Waals surface area contributed by atoms with E-state index in [4.69, 9.17) is 11.6 Å². The quantitative estimate of drug-likeness (QED) is 0.324. The molecule has 0 spiro atoms. The summed E-state index contributed by atoms with van der Waals surface area (Å²) in [6.45, 7) is 3.87. The van der Waals surface area contributed by atoms with E-state index < -0.39 is 10.8 Å². The number of thiazole rings is 1. The SMILES string of the molecule is C=CCN(C(=O)c1cc([N+](=O)[O-])ccc1Cl)c1nc(-c2ccccc2)cs1. The van der Waals surface area contributed by atoms with Crippen LogP contribution in [0.2, 0.25) is 5.02 Å². The van der Waals surface area contributed by atoms with Crippen molar-refractivity contribution in [3.05, 3.63) is 87.3 Å². The lowest BCUT2D eigenvalue weighted by atomic mass is 10.1. The second-order valence-electron chi connectivity index (χ2n) is 5.51. The molecule has 2 aromatic carbocycles. The number of nitro groups is 1. The third-order valence-corrected chi connectivity index (χ3v) is 4.93. The fourth-order valence-electron chi connectivity index (χ4n) is 2.44. The van der Waals surface area contributed by atoms with Crippen molar-refractivity contribution in [2.75, 3.05) is 11.4 Å². The summed E-state index contributed by atoms with van der Waals surface area (Å²) in [4.78, 5) is 29.4. The van der Waals surface area contributed by atoms with Crippen LogP contribution in [0.3, 0.4) is 0 Å². The van der Waals surface area contributed by atoms with Crippen LogP contribution in [0.5, 0.6) is 0 Å². The minimum atomic E-state index is -0.568. The minimum Gasteiger partial charge on any atom is -0.280 e. The first-order valence-electron chi connectivity index (χ1n) is 7.89. The number of hydrogen-bond acceptors (Lipinski definition) is 5. The molecule has 3 rings (SSSR count). The second-order valence-corrected chi connectivity index (χ2v) is 6.75. The molecule has 0 bridgehead atoms. The van der Waals surface area contributed by atoms with Gasteiger partial charge in [-0.05, 0) is 6.07 Å². The Balaban J connectivity index is 1.98. The first kappa shape index (κ1) is 18.8. The van der Waals surface area contributed by atoms with Gasteiger partial charge in [0.1, 0.15) is 0 Å². The summed E-state index contributed by atoms with van der Waals surface area (Å²) in [6.07, 6.45) is 1.56. The Morgan fingerprint density at radius 1 is 1.30 bits per heavy atom. The van der Waals surface area contributed by atoms with Crippen molar-refractivity contribution in [2.24, 2.45) is 0 Å². The third-order valence-electron chi connectivity index (χ3n) is 3.74. The summed E-state index contributed by atoms with van der Waals surface area (Å²) >= 11 is 7.42. The van der Waals surface area contributed by atoms with Gasteiger partial charge in [0.2, 0.25) is 0 Å². The molecule has 0 fully saturated rings. The van der Waals surface area contributed by atoms with Crippen LogP contribution in [0, 0.1) is 10.1 Å². The Morgan fingerprint density at radius 3 is 2.70 bits per heavy atom. The van der Waals surface area contributed by atoms with Crippen LogP contribution in [0.4, 0.5) is 10.8 Å². The van der Waals surface area contributed by atoms with Crippen molar-refractivity contribution in [3.8, 4) is 11.3 Å². The Kier molecular flexibility index (Phi) is 5.63. The molecule has 6 nitrogen and oxygen atoms in total. The van der Waals surface area contributed by atoms with Gasteiger partial charge in [-0.15, -0.1) is 17.9 Å². The Hall–Kier alpha value is -3.03. The van der Waals surface area contributed by atoms with E-state index in [1.807, 2.05) is 35.7 Å². The van der Waals surface area contributed by atoms with Crippen LogP contribution < -0.4 is 4.90 Å². The fourth-order valence-corrected chi connectivity index (χ4v) is 3.48. The molecule has 1 amide bonds. The molecule has 1 aromatic heterocycles. The average Bonchev–Trinajstić information content (AvgIpc) is 3.16. The Bertz CT molecular complexity index is 1000. The average molecular weight is 400 g/mol. The molecule has 0 N–H and O–H groups in total. The van der Waals surface area contributed by atoms with Crippen molar-refractivity contribution in [1.82, 2.24) is 4.98 Å². The lowest BCUT2D eigenvalue weighted by Crippen LogP contribution is -2.31. The molecular formula is C19H14ClN3O3S. The number of carbonyl (C=O) groups is 1.